The Morgan fingerprint density at radius 3 is 2.55 bits per heavy atom. The first kappa shape index (κ1) is 14.3. The highest BCUT2D eigenvalue weighted by molar-refractivity contribution is 7.92. The zero-order valence-electron chi connectivity index (χ0n) is 11.3. The summed E-state index contributed by atoms with van der Waals surface area (Å²) in [6.45, 7) is 3.11. The molecule has 0 bridgehead atoms. The van der Waals surface area contributed by atoms with E-state index in [1.807, 2.05) is 0 Å². The quantitative estimate of drug-likeness (QED) is 0.841. The van der Waals surface area contributed by atoms with Crippen molar-refractivity contribution in [2.45, 2.75) is 18.7 Å². The molecule has 0 saturated heterocycles. The van der Waals surface area contributed by atoms with Crippen molar-refractivity contribution >= 4 is 21.4 Å². The summed E-state index contributed by atoms with van der Waals surface area (Å²) in [5, 5.41) is 4.02. The van der Waals surface area contributed by atoms with E-state index in [2.05, 4.69) is 9.82 Å². The molecule has 0 amide bonds. The highest BCUT2D eigenvalue weighted by atomic mass is 32.2. The maximum atomic E-state index is 14.0. The van der Waals surface area contributed by atoms with Gasteiger partial charge in [0.2, 0.25) is 0 Å². The molecule has 0 spiro atoms. The van der Waals surface area contributed by atoms with Gasteiger partial charge in [-0.3, -0.25) is 9.40 Å². The SMILES string of the molecule is Cc1cc(N)cc(S(=O)(=O)Nc2cn(C)nc2C)c1F. The van der Waals surface area contributed by atoms with Crippen molar-refractivity contribution in [1.82, 2.24) is 9.78 Å². The van der Waals surface area contributed by atoms with Gasteiger partial charge in [-0.1, -0.05) is 0 Å². The molecule has 0 fully saturated rings. The van der Waals surface area contributed by atoms with Crippen molar-refractivity contribution in [1.29, 1.82) is 0 Å². The van der Waals surface area contributed by atoms with E-state index in [9.17, 15) is 12.8 Å². The van der Waals surface area contributed by atoms with Gasteiger partial charge in [0.25, 0.3) is 10.0 Å². The molecule has 1 aromatic carbocycles. The van der Waals surface area contributed by atoms with Crippen LogP contribution in [-0.4, -0.2) is 18.2 Å². The molecule has 1 heterocycles. The highest BCUT2D eigenvalue weighted by Crippen LogP contribution is 2.24. The van der Waals surface area contributed by atoms with Crippen LogP contribution < -0.4 is 10.5 Å². The van der Waals surface area contributed by atoms with E-state index < -0.39 is 20.7 Å². The van der Waals surface area contributed by atoms with Crippen molar-refractivity contribution in [3.05, 3.63) is 35.4 Å². The number of benzene rings is 1. The van der Waals surface area contributed by atoms with E-state index in [1.54, 1.807) is 14.0 Å². The van der Waals surface area contributed by atoms with Gasteiger partial charge in [-0.05, 0) is 31.5 Å². The third-order valence-electron chi connectivity index (χ3n) is 2.79. The first-order valence-corrected chi connectivity index (χ1v) is 7.27. The minimum absolute atomic E-state index is 0.174. The summed E-state index contributed by atoms with van der Waals surface area (Å²) >= 11 is 0. The maximum absolute atomic E-state index is 14.0. The van der Waals surface area contributed by atoms with Crippen LogP contribution in [0.3, 0.4) is 0 Å². The second-order valence-electron chi connectivity index (χ2n) is 4.56. The molecule has 6 nitrogen and oxygen atoms in total. The van der Waals surface area contributed by atoms with Gasteiger partial charge in [0.1, 0.15) is 10.7 Å². The van der Waals surface area contributed by atoms with Crippen molar-refractivity contribution in [3.8, 4) is 0 Å². The minimum atomic E-state index is -4.06. The molecule has 2 aromatic rings. The Kier molecular flexibility index (Phi) is 3.43. The molecule has 0 aliphatic rings. The zero-order chi connectivity index (χ0) is 15.1. The van der Waals surface area contributed by atoms with Gasteiger partial charge in [0, 0.05) is 18.9 Å². The largest absolute Gasteiger partial charge is 0.399 e. The van der Waals surface area contributed by atoms with E-state index in [0.29, 0.717) is 11.4 Å². The number of hydrogen-bond donors (Lipinski definition) is 2. The Morgan fingerprint density at radius 1 is 1.35 bits per heavy atom. The number of hydrogen-bond acceptors (Lipinski definition) is 4. The Bertz CT molecular complexity index is 768. The molecule has 0 atom stereocenters. The molecule has 0 unspecified atom stereocenters. The van der Waals surface area contributed by atoms with Gasteiger partial charge in [0.05, 0.1) is 11.4 Å². The van der Waals surface area contributed by atoms with E-state index in [0.717, 1.165) is 6.07 Å². The van der Waals surface area contributed by atoms with Crippen LogP contribution in [-0.2, 0) is 17.1 Å². The first-order chi connectivity index (χ1) is 9.20. The van der Waals surface area contributed by atoms with Crippen molar-refractivity contribution in [3.63, 3.8) is 0 Å². The predicted molar refractivity (Wildman–Crippen MR) is 74.3 cm³/mol. The molecule has 0 radical (unpaired) electrons. The summed E-state index contributed by atoms with van der Waals surface area (Å²) in [6.07, 6.45) is 1.50. The van der Waals surface area contributed by atoms with Crippen LogP contribution >= 0.6 is 0 Å². The number of aryl methyl sites for hydroxylation is 3. The van der Waals surface area contributed by atoms with Crippen LogP contribution in [0.1, 0.15) is 11.3 Å². The topological polar surface area (TPSA) is 90.0 Å². The molecule has 1 aromatic heterocycles. The molecule has 0 saturated carbocycles. The normalized spacial score (nSPS) is 11.6. The Balaban J connectivity index is 2.49. The Morgan fingerprint density at radius 2 is 2.00 bits per heavy atom. The van der Waals surface area contributed by atoms with Crippen LogP contribution in [0.15, 0.2) is 23.2 Å². The molecule has 3 N–H and O–H groups in total. The van der Waals surface area contributed by atoms with Crippen molar-refractivity contribution in [2.75, 3.05) is 10.5 Å². The van der Waals surface area contributed by atoms with Gasteiger partial charge in [-0.25, -0.2) is 12.8 Å². The maximum Gasteiger partial charge on any atom is 0.265 e. The minimum Gasteiger partial charge on any atom is -0.399 e. The van der Waals surface area contributed by atoms with Crippen LogP contribution in [0, 0.1) is 19.7 Å². The summed E-state index contributed by atoms with van der Waals surface area (Å²) in [4.78, 5) is -0.474. The summed E-state index contributed by atoms with van der Waals surface area (Å²) in [6, 6.07) is 2.47. The lowest BCUT2D eigenvalue weighted by atomic mass is 10.2. The molecular formula is C12H15FN4O2S. The summed E-state index contributed by atoms with van der Waals surface area (Å²) in [5.41, 5.74) is 6.73. The fourth-order valence-electron chi connectivity index (χ4n) is 1.86. The van der Waals surface area contributed by atoms with Crippen molar-refractivity contribution < 1.29 is 12.8 Å². The average molecular weight is 298 g/mol. The first-order valence-electron chi connectivity index (χ1n) is 5.79. The molecule has 0 aliphatic carbocycles. The van der Waals surface area contributed by atoms with E-state index in [1.165, 1.54) is 23.9 Å². The zero-order valence-corrected chi connectivity index (χ0v) is 12.1. The number of rotatable bonds is 3. The number of aromatic nitrogens is 2. The fourth-order valence-corrected chi connectivity index (χ4v) is 3.15. The number of nitrogens with two attached hydrogens (primary N) is 1. The predicted octanol–water partition coefficient (Wildman–Crippen LogP) is 1.56. The van der Waals surface area contributed by atoms with Crippen LogP contribution in [0.2, 0.25) is 0 Å². The summed E-state index contributed by atoms with van der Waals surface area (Å²) in [5.74, 6) is -0.812. The Labute approximate surface area is 116 Å². The number of nitrogens with one attached hydrogen (secondary N) is 1. The molecule has 8 heteroatoms. The van der Waals surface area contributed by atoms with Crippen molar-refractivity contribution in [2.24, 2.45) is 7.05 Å². The van der Waals surface area contributed by atoms with Gasteiger partial charge in [0.15, 0.2) is 0 Å². The third-order valence-corrected chi connectivity index (χ3v) is 4.16. The number of nitrogens with zero attached hydrogens (tertiary/aromatic N) is 2. The van der Waals surface area contributed by atoms with E-state index in [-0.39, 0.29) is 11.3 Å². The van der Waals surface area contributed by atoms with Gasteiger partial charge in [-0.2, -0.15) is 5.10 Å². The smallest absolute Gasteiger partial charge is 0.265 e. The van der Waals surface area contributed by atoms with Gasteiger partial charge >= 0.3 is 0 Å². The van der Waals surface area contributed by atoms with Gasteiger partial charge in [-0.15, -0.1) is 0 Å². The van der Waals surface area contributed by atoms with Crippen LogP contribution in [0.4, 0.5) is 15.8 Å². The third kappa shape index (κ3) is 2.60. The van der Waals surface area contributed by atoms with Gasteiger partial charge < -0.3 is 5.73 Å². The highest BCUT2D eigenvalue weighted by Gasteiger charge is 2.22. The standard InChI is InChI=1S/C12H15FN4O2S/c1-7-4-9(14)5-11(12(7)13)20(18,19)16-10-6-17(3)15-8(10)2/h4-6,16H,14H2,1-3H3. The number of sulfonamides is 1. The molecule has 20 heavy (non-hydrogen) atoms. The van der Waals surface area contributed by atoms with Crippen LogP contribution in [0.5, 0.6) is 0 Å². The monoisotopic (exact) mass is 298 g/mol. The van der Waals surface area contributed by atoms with Crippen LogP contribution in [0.25, 0.3) is 0 Å². The molecule has 0 aliphatic heterocycles. The number of nitrogen functional groups attached to an aromatic ring is 1. The number of anilines is 2. The number of halogens is 1. The second kappa shape index (κ2) is 4.78. The van der Waals surface area contributed by atoms with E-state index >= 15 is 0 Å². The summed E-state index contributed by atoms with van der Waals surface area (Å²) in [7, 11) is -2.39. The Hall–Kier alpha value is -2.09. The fraction of sp³-hybridized carbons (Fsp3) is 0.250. The lowest BCUT2D eigenvalue weighted by Crippen LogP contribution is -2.16. The lowest BCUT2D eigenvalue weighted by Gasteiger charge is -2.10. The second-order valence-corrected chi connectivity index (χ2v) is 6.21. The molecule has 2 rings (SSSR count). The summed E-state index contributed by atoms with van der Waals surface area (Å²) < 4.78 is 42.3. The average Bonchev–Trinajstić information content (AvgIpc) is 2.61. The lowest BCUT2D eigenvalue weighted by molar-refractivity contribution is 0.565. The van der Waals surface area contributed by atoms with E-state index in [4.69, 9.17) is 5.73 Å². The molecule has 108 valence electrons. The molecular weight excluding hydrogens is 283 g/mol.